The highest BCUT2D eigenvalue weighted by Crippen LogP contribution is 2.29. The minimum atomic E-state index is 0.0140. The van der Waals surface area contributed by atoms with E-state index < -0.39 is 0 Å². The molecule has 1 unspecified atom stereocenters. The van der Waals surface area contributed by atoms with E-state index in [9.17, 15) is 0 Å². The predicted octanol–water partition coefficient (Wildman–Crippen LogP) is 3.06. The van der Waals surface area contributed by atoms with Crippen LogP contribution in [0.25, 0.3) is 0 Å². The molecule has 0 saturated carbocycles. The van der Waals surface area contributed by atoms with E-state index in [1.807, 2.05) is 33.0 Å². The van der Waals surface area contributed by atoms with Gasteiger partial charge in [-0.3, -0.25) is 0 Å². The minimum absolute atomic E-state index is 0.0140. The first-order chi connectivity index (χ1) is 10.0. The van der Waals surface area contributed by atoms with Crippen molar-refractivity contribution in [2.45, 2.75) is 32.9 Å². The smallest absolute Gasteiger partial charge is 0.153 e. The molecule has 0 spiro atoms. The van der Waals surface area contributed by atoms with E-state index >= 15 is 0 Å². The van der Waals surface area contributed by atoms with Crippen LogP contribution in [0.5, 0.6) is 5.75 Å². The fourth-order valence-electron chi connectivity index (χ4n) is 2.26. The molecule has 0 saturated heterocycles. The number of nitrogens with zero attached hydrogens (tertiary/aromatic N) is 3. The number of benzene rings is 1. The number of halogens is 1. The van der Waals surface area contributed by atoms with Gasteiger partial charge in [0.1, 0.15) is 5.75 Å². The van der Waals surface area contributed by atoms with Crippen LogP contribution in [0.4, 0.5) is 0 Å². The monoisotopic (exact) mass is 352 g/mol. The standard InChI is InChI=1S/C15H21BrN4O/c1-5-17-13(14-15(16)18-19-20(14)4)11-7-6-8-12(9-11)21-10(2)3/h6-10,13,17H,5H2,1-4H3. The average Bonchev–Trinajstić information content (AvgIpc) is 2.75. The second kappa shape index (κ2) is 7.04. The number of nitrogens with one attached hydrogen (secondary N) is 1. The molecule has 0 amide bonds. The lowest BCUT2D eigenvalue weighted by Gasteiger charge is -2.20. The van der Waals surface area contributed by atoms with Crippen molar-refractivity contribution in [3.63, 3.8) is 0 Å². The molecule has 1 heterocycles. The molecule has 1 aromatic carbocycles. The molecule has 5 nitrogen and oxygen atoms in total. The van der Waals surface area contributed by atoms with Gasteiger partial charge in [0, 0.05) is 7.05 Å². The fourth-order valence-corrected chi connectivity index (χ4v) is 2.82. The maximum Gasteiger partial charge on any atom is 0.153 e. The number of aromatic nitrogens is 3. The molecule has 0 radical (unpaired) electrons. The molecular weight excluding hydrogens is 332 g/mol. The summed E-state index contributed by atoms with van der Waals surface area (Å²) in [5, 5.41) is 11.6. The lowest BCUT2D eigenvalue weighted by Crippen LogP contribution is -2.24. The van der Waals surface area contributed by atoms with Gasteiger partial charge in [0.25, 0.3) is 0 Å². The van der Waals surface area contributed by atoms with Crippen LogP contribution in [0.2, 0.25) is 0 Å². The third-order valence-corrected chi connectivity index (χ3v) is 3.64. The Labute approximate surface area is 133 Å². The maximum absolute atomic E-state index is 5.78. The molecule has 0 aliphatic heterocycles. The van der Waals surface area contributed by atoms with Crippen LogP contribution in [-0.2, 0) is 7.05 Å². The highest BCUT2D eigenvalue weighted by atomic mass is 79.9. The molecule has 0 aliphatic rings. The molecule has 0 fully saturated rings. The highest BCUT2D eigenvalue weighted by Gasteiger charge is 2.21. The van der Waals surface area contributed by atoms with E-state index in [2.05, 4.69) is 50.6 Å². The van der Waals surface area contributed by atoms with Crippen LogP contribution in [0.15, 0.2) is 28.9 Å². The summed E-state index contributed by atoms with van der Waals surface area (Å²) in [6.45, 7) is 6.98. The molecule has 1 atom stereocenters. The lowest BCUT2D eigenvalue weighted by atomic mass is 10.0. The van der Waals surface area contributed by atoms with E-state index in [0.717, 1.165) is 28.2 Å². The summed E-state index contributed by atoms with van der Waals surface area (Å²) in [6.07, 6.45) is 0.156. The van der Waals surface area contributed by atoms with Gasteiger partial charge in [-0.15, -0.1) is 5.10 Å². The van der Waals surface area contributed by atoms with Crippen LogP contribution in [0.3, 0.4) is 0 Å². The van der Waals surface area contributed by atoms with Crippen LogP contribution in [0, 0.1) is 0 Å². The first-order valence-corrected chi connectivity index (χ1v) is 7.87. The minimum Gasteiger partial charge on any atom is -0.491 e. The van der Waals surface area contributed by atoms with Crippen LogP contribution >= 0.6 is 15.9 Å². The molecule has 6 heteroatoms. The Kier molecular flexibility index (Phi) is 5.36. The van der Waals surface area contributed by atoms with Crippen molar-refractivity contribution >= 4 is 15.9 Å². The fraction of sp³-hybridized carbons (Fsp3) is 0.467. The van der Waals surface area contributed by atoms with E-state index in [1.54, 1.807) is 4.68 Å². The first kappa shape index (κ1) is 16.0. The Hall–Kier alpha value is -1.40. The molecule has 1 N–H and O–H groups in total. The van der Waals surface area contributed by atoms with Crippen molar-refractivity contribution < 1.29 is 4.74 Å². The summed E-state index contributed by atoms with van der Waals surface area (Å²) < 4.78 is 8.32. The number of ether oxygens (including phenoxy) is 1. The SMILES string of the molecule is CCNC(c1cccc(OC(C)C)c1)c1c(Br)nnn1C. The summed E-state index contributed by atoms with van der Waals surface area (Å²) in [7, 11) is 1.89. The molecule has 2 rings (SSSR count). The summed E-state index contributed by atoms with van der Waals surface area (Å²) in [4.78, 5) is 0. The zero-order chi connectivity index (χ0) is 15.4. The van der Waals surface area contributed by atoms with Crippen molar-refractivity contribution in [1.82, 2.24) is 20.3 Å². The van der Waals surface area contributed by atoms with Crippen LogP contribution in [0.1, 0.15) is 38.1 Å². The van der Waals surface area contributed by atoms with E-state index in [4.69, 9.17) is 4.74 Å². The van der Waals surface area contributed by atoms with Gasteiger partial charge in [-0.1, -0.05) is 24.3 Å². The van der Waals surface area contributed by atoms with E-state index in [1.165, 1.54) is 0 Å². The van der Waals surface area contributed by atoms with Crippen LogP contribution in [-0.4, -0.2) is 27.6 Å². The lowest BCUT2D eigenvalue weighted by molar-refractivity contribution is 0.242. The summed E-state index contributed by atoms with van der Waals surface area (Å²) in [5.41, 5.74) is 2.12. The molecule has 114 valence electrons. The molecule has 2 aromatic rings. The van der Waals surface area contributed by atoms with Gasteiger partial charge >= 0.3 is 0 Å². The van der Waals surface area contributed by atoms with Gasteiger partial charge in [0.05, 0.1) is 17.8 Å². The number of rotatable bonds is 6. The third kappa shape index (κ3) is 3.83. The average molecular weight is 353 g/mol. The summed E-state index contributed by atoms with van der Waals surface area (Å²) in [6, 6.07) is 8.14. The number of hydrogen-bond acceptors (Lipinski definition) is 4. The highest BCUT2D eigenvalue weighted by molar-refractivity contribution is 9.10. The molecule has 0 aliphatic carbocycles. The predicted molar refractivity (Wildman–Crippen MR) is 86.4 cm³/mol. The second-order valence-electron chi connectivity index (χ2n) is 5.12. The van der Waals surface area contributed by atoms with Gasteiger partial charge in [-0.05, 0) is 54.0 Å². The van der Waals surface area contributed by atoms with Gasteiger partial charge in [0.15, 0.2) is 4.60 Å². The van der Waals surface area contributed by atoms with E-state index in [-0.39, 0.29) is 12.1 Å². The Bertz CT molecular complexity index is 578. The zero-order valence-electron chi connectivity index (χ0n) is 12.8. The Morgan fingerprint density at radius 1 is 1.38 bits per heavy atom. The summed E-state index contributed by atoms with van der Waals surface area (Å²) in [5.74, 6) is 0.872. The van der Waals surface area contributed by atoms with Crippen molar-refractivity contribution in [3.05, 3.63) is 40.1 Å². The van der Waals surface area contributed by atoms with Gasteiger partial charge in [-0.2, -0.15) is 0 Å². The van der Waals surface area contributed by atoms with Gasteiger partial charge in [0.2, 0.25) is 0 Å². The Morgan fingerprint density at radius 2 is 2.14 bits per heavy atom. The maximum atomic E-state index is 5.78. The zero-order valence-corrected chi connectivity index (χ0v) is 14.4. The number of aryl methyl sites for hydroxylation is 1. The van der Waals surface area contributed by atoms with Crippen molar-refractivity contribution in [2.24, 2.45) is 7.05 Å². The van der Waals surface area contributed by atoms with Crippen molar-refractivity contribution in [2.75, 3.05) is 6.54 Å². The largest absolute Gasteiger partial charge is 0.491 e. The summed E-state index contributed by atoms with van der Waals surface area (Å²) >= 11 is 3.48. The normalized spacial score (nSPS) is 12.7. The quantitative estimate of drug-likeness (QED) is 0.867. The molecular formula is C15H21BrN4O. The molecule has 21 heavy (non-hydrogen) atoms. The van der Waals surface area contributed by atoms with Gasteiger partial charge in [-0.25, -0.2) is 4.68 Å². The molecule has 0 bridgehead atoms. The topological polar surface area (TPSA) is 52.0 Å². The van der Waals surface area contributed by atoms with Crippen molar-refractivity contribution in [3.8, 4) is 5.75 Å². The second-order valence-corrected chi connectivity index (χ2v) is 5.87. The van der Waals surface area contributed by atoms with E-state index in [0.29, 0.717) is 0 Å². The van der Waals surface area contributed by atoms with Crippen molar-refractivity contribution in [1.29, 1.82) is 0 Å². The third-order valence-electron chi connectivity index (χ3n) is 3.07. The molecule has 1 aromatic heterocycles. The van der Waals surface area contributed by atoms with Gasteiger partial charge < -0.3 is 10.1 Å². The number of hydrogen-bond donors (Lipinski definition) is 1. The Balaban J connectivity index is 2.39. The first-order valence-electron chi connectivity index (χ1n) is 7.08. The Morgan fingerprint density at radius 3 is 2.71 bits per heavy atom. The van der Waals surface area contributed by atoms with Crippen LogP contribution < -0.4 is 10.1 Å².